The second-order valence-corrected chi connectivity index (χ2v) is 9.29. The summed E-state index contributed by atoms with van der Waals surface area (Å²) in [6.07, 6.45) is -3.98. The van der Waals surface area contributed by atoms with E-state index in [4.69, 9.17) is 21.2 Å². The number of hydrazone groups is 1. The molecule has 0 saturated heterocycles. The molecule has 2 N–H and O–H groups in total. The average molecular weight is 510 g/mol. The summed E-state index contributed by atoms with van der Waals surface area (Å²) < 4.78 is 69.4. The number of furan rings is 1. The van der Waals surface area contributed by atoms with Gasteiger partial charge in [0.05, 0.1) is 16.2 Å². The molecule has 12 heteroatoms. The summed E-state index contributed by atoms with van der Waals surface area (Å²) in [6, 6.07) is 12.5. The summed E-state index contributed by atoms with van der Waals surface area (Å²) in [4.78, 5) is 12.6. The first-order valence-corrected chi connectivity index (χ1v) is 11.5. The van der Waals surface area contributed by atoms with Gasteiger partial charge in [0.25, 0.3) is 5.91 Å². The molecule has 2 aromatic carbocycles. The minimum atomic E-state index is -4.93. The molecule has 0 bridgehead atoms. The highest BCUT2D eigenvalue weighted by atomic mass is 35.5. The summed E-state index contributed by atoms with van der Waals surface area (Å²) in [5.41, 5.74) is -0.759. The Morgan fingerprint density at radius 1 is 1.09 bits per heavy atom. The number of primary sulfonamides is 1. The lowest BCUT2D eigenvalue weighted by Crippen LogP contribution is -2.25. The number of hydrogen-bond donors (Lipinski definition) is 1. The van der Waals surface area contributed by atoms with E-state index in [0.29, 0.717) is 21.4 Å². The lowest BCUT2D eigenvalue weighted by atomic mass is 10.1. The van der Waals surface area contributed by atoms with Crippen LogP contribution < -0.4 is 10.1 Å². The third kappa shape index (κ3) is 4.63. The van der Waals surface area contributed by atoms with E-state index in [1.807, 2.05) is 6.92 Å². The fraction of sp³-hybridized carbons (Fsp3) is 0.0909. The van der Waals surface area contributed by atoms with Crippen LogP contribution in [-0.4, -0.2) is 26.2 Å². The molecule has 0 saturated carbocycles. The first kappa shape index (κ1) is 23.7. The van der Waals surface area contributed by atoms with Crippen LogP contribution in [0.15, 0.2) is 74.6 Å². The molecule has 7 nitrogen and oxygen atoms in total. The molecule has 0 unspecified atom stereocenters. The number of nitrogens with zero attached hydrogens (tertiary/aromatic N) is 2. The number of aryl methyl sites for hydroxylation is 1. The predicted octanol–water partition coefficient (Wildman–Crippen LogP) is 4.90. The van der Waals surface area contributed by atoms with Crippen LogP contribution in [0.3, 0.4) is 0 Å². The lowest BCUT2D eigenvalue weighted by Gasteiger charge is -2.11. The normalized spacial score (nSPS) is 15.8. The maximum atomic E-state index is 13.7. The number of alkyl halides is 3. The number of carbonyl (C=O) groups excluding carboxylic acids is 1. The highest BCUT2D eigenvalue weighted by Crippen LogP contribution is 2.34. The van der Waals surface area contributed by atoms with Gasteiger partial charge in [0.15, 0.2) is 5.71 Å². The van der Waals surface area contributed by atoms with Crippen molar-refractivity contribution in [1.82, 2.24) is 0 Å². The molecule has 176 valence electrons. The van der Waals surface area contributed by atoms with Crippen molar-refractivity contribution in [3.63, 3.8) is 0 Å². The Balaban J connectivity index is 1.70. The number of halogens is 4. The summed E-state index contributed by atoms with van der Waals surface area (Å²) in [6.45, 7) is 1.82. The van der Waals surface area contributed by atoms with Gasteiger partial charge in [-0.05, 0) is 61.0 Å². The van der Waals surface area contributed by atoms with Crippen molar-refractivity contribution in [2.24, 2.45) is 10.2 Å². The number of benzene rings is 2. The topological polar surface area (TPSA) is 106 Å². The second-order valence-electron chi connectivity index (χ2n) is 7.33. The smallest absolute Gasteiger partial charge is 0.435 e. The number of rotatable bonds is 4. The largest absolute Gasteiger partial charge is 0.457 e. The molecule has 1 aliphatic rings. The maximum Gasteiger partial charge on any atom is 0.435 e. The van der Waals surface area contributed by atoms with Crippen LogP contribution >= 0.6 is 11.6 Å². The molecule has 1 amide bonds. The Hall–Kier alpha value is -3.41. The van der Waals surface area contributed by atoms with Crippen LogP contribution in [0.2, 0.25) is 5.02 Å². The van der Waals surface area contributed by atoms with Gasteiger partial charge < -0.3 is 4.42 Å². The van der Waals surface area contributed by atoms with Crippen molar-refractivity contribution in [1.29, 1.82) is 0 Å². The van der Waals surface area contributed by atoms with Crippen molar-refractivity contribution in [3.05, 3.63) is 76.5 Å². The SMILES string of the molecule is Cc1ccc(-c2ccc(/C=C3\C(=O)N(c4ccc(S(N)(=O)=O)cc4)N=C3C(F)(F)F)o2)cc1Cl. The molecule has 0 spiro atoms. The summed E-state index contributed by atoms with van der Waals surface area (Å²) in [5.74, 6) is -0.717. The van der Waals surface area contributed by atoms with E-state index in [2.05, 4.69) is 5.10 Å². The Kier molecular flexibility index (Phi) is 5.88. The quantitative estimate of drug-likeness (QED) is 0.505. The maximum absolute atomic E-state index is 13.7. The Morgan fingerprint density at radius 3 is 2.35 bits per heavy atom. The van der Waals surface area contributed by atoms with Gasteiger partial charge >= 0.3 is 6.18 Å². The number of sulfonamides is 1. The standard InChI is InChI=1S/C22H15ClF3N3O4S/c1-12-2-3-13(10-18(12)23)19-9-6-15(33-19)11-17-20(22(24,25)26)28-29(21(17)30)14-4-7-16(8-5-14)34(27,31)32/h2-11H,1H3,(H2,27,31,32)/b17-11-. The molecular weight excluding hydrogens is 495 g/mol. The van der Waals surface area contributed by atoms with Gasteiger partial charge in [-0.25, -0.2) is 13.6 Å². The number of anilines is 1. The summed E-state index contributed by atoms with van der Waals surface area (Å²) >= 11 is 6.12. The minimum Gasteiger partial charge on any atom is -0.457 e. The van der Waals surface area contributed by atoms with E-state index >= 15 is 0 Å². The summed E-state index contributed by atoms with van der Waals surface area (Å²) in [7, 11) is -4.02. The average Bonchev–Trinajstić information content (AvgIpc) is 3.35. The zero-order valence-corrected chi connectivity index (χ0v) is 18.9. The van der Waals surface area contributed by atoms with Gasteiger partial charge in [-0.2, -0.15) is 23.3 Å². The van der Waals surface area contributed by atoms with Crippen LogP contribution in [0, 0.1) is 6.92 Å². The molecule has 2 heterocycles. The first-order chi connectivity index (χ1) is 15.8. The molecule has 1 aromatic heterocycles. The van der Waals surface area contributed by atoms with Crippen LogP contribution in [0.4, 0.5) is 18.9 Å². The number of nitrogens with two attached hydrogens (primary N) is 1. The molecule has 0 fully saturated rings. The van der Waals surface area contributed by atoms with Crippen LogP contribution in [0.25, 0.3) is 17.4 Å². The number of carbonyl (C=O) groups is 1. The zero-order valence-electron chi connectivity index (χ0n) is 17.3. The summed E-state index contributed by atoms with van der Waals surface area (Å²) in [5, 5.41) is 9.49. The molecule has 3 aromatic rings. The van der Waals surface area contributed by atoms with Crippen LogP contribution in [0.1, 0.15) is 11.3 Å². The monoisotopic (exact) mass is 509 g/mol. The fourth-order valence-corrected chi connectivity index (χ4v) is 3.88. The molecule has 4 rings (SSSR count). The Morgan fingerprint density at radius 2 is 1.76 bits per heavy atom. The molecular formula is C22H15ClF3N3O4S. The highest BCUT2D eigenvalue weighted by molar-refractivity contribution is 7.89. The zero-order chi connectivity index (χ0) is 24.8. The van der Waals surface area contributed by atoms with E-state index in [9.17, 15) is 26.4 Å². The van der Waals surface area contributed by atoms with Gasteiger partial charge in [-0.3, -0.25) is 4.79 Å². The van der Waals surface area contributed by atoms with E-state index in [1.165, 1.54) is 6.07 Å². The third-order valence-electron chi connectivity index (χ3n) is 4.93. The predicted molar refractivity (Wildman–Crippen MR) is 121 cm³/mol. The van der Waals surface area contributed by atoms with Crippen molar-refractivity contribution >= 4 is 45.0 Å². The second kappa shape index (κ2) is 8.42. The molecule has 34 heavy (non-hydrogen) atoms. The molecule has 1 aliphatic heterocycles. The Bertz CT molecular complexity index is 1460. The molecule has 0 aliphatic carbocycles. The van der Waals surface area contributed by atoms with Crippen molar-refractivity contribution in [3.8, 4) is 11.3 Å². The molecule has 0 radical (unpaired) electrons. The minimum absolute atomic E-state index is 0.00146. The van der Waals surface area contributed by atoms with Crippen molar-refractivity contribution < 1.29 is 30.8 Å². The third-order valence-corrected chi connectivity index (χ3v) is 6.26. The highest BCUT2D eigenvalue weighted by Gasteiger charge is 2.47. The van der Waals surface area contributed by atoms with Gasteiger partial charge in [0.1, 0.15) is 11.5 Å². The van der Waals surface area contributed by atoms with Crippen LogP contribution in [-0.2, 0) is 14.8 Å². The molecule has 0 atom stereocenters. The van der Waals surface area contributed by atoms with Gasteiger partial charge in [0.2, 0.25) is 10.0 Å². The van der Waals surface area contributed by atoms with E-state index in [0.717, 1.165) is 35.9 Å². The van der Waals surface area contributed by atoms with Crippen molar-refractivity contribution in [2.75, 3.05) is 5.01 Å². The van der Waals surface area contributed by atoms with Crippen LogP contribution in [0.5, 0.6) is 0 Å². The van der Waals surface area contributed by atoms with E-state index < -0.39 is 33.4 Å². The Labute approximate surface area is 197 Å². The van der Waals surface area contributed by atoms with E-state index in [-0.39, 0.29) is 16.3 Å². The van der Waals surface area contributed by atoms with Crippen molar-refractivity contribution in [2.45, 2.75) is 18.0 Å². The number of amides is 1. The fourth-order valence-electron chi connectivity index (χ4n) is 3.18. The van der Waals surface area contributed by atoms with Gasteiger partial charge in [-0.1, -0.05) is 23.7 Å². The van der Waals surface area contributed by atoms with E-state index in [1.54, 1.807) is 24.3 Å². The van der Waals surface area contributed by atoms with Gasteiger partial charge in [-0.15, -0.1) is 0 Å². The number of hydrogen-bond acceptors (Lipinski definition) is 5. The lowest BCUT2D eigenvalue weighted by molar-refractivity contribution is -0.114. The first-order valence-electron chi connectivity index (χ1n) is 9.56. The van der Waals surface area contributed by atoms with Gasteiger partial charge in [0, 0.05) is 10.6 Å².